The first-order valence-corrected chi connectivity index (χ1v) is 23.6. The van der Waals surface area contributed by atoms with Gasteiger partial charge in [-0.3, -0.25) is 0 Å². The Morgan fingerprint density at radius 1 is 0.265 bits per heavy atom. The molecule has 1 nitrogen and oxygen atoms in total. The van der Waals surface area contributed by atoms with Gasteiger partial charge in [0, 0.05) is 16.9 Å². The van der Waals surface area contributed by atoms with Crippen molar-refractivity contribution in [3.05, 3.63) is 295 Å². The predicted octanol–water partition coefficient (Wildman–Crippen LogP) is 18.0. The summed E-state index contributed by atoms with van der Waals surface area (Å²) in [4.78, 5) is 2.47. The quantitative estimate of drug-likeness (QED) is 0.138. The van der Waals surface area contributed by atoms with Gasteiger partial charge in [-0.1, -0.05) is 231 Å². The summed E-state index contributed by atoms with van der Waals surface area (Å²) in [5.74, 6) is 0. The molecule has 12 aromatic carbocycles. The Kier molecular flexibility index (Phi) is 9.47. The standard InChI is InChI=1S/C67H45N/c1-3-23-52(24-4-1)67(53-25-5-2-6-26-53)63-33-14-13-31-61(63)66-64(67)34-17-35-65(66)68(55-42-38-48(39-43-55)57-32-16-20-47-18-7-9-27-56(47)57)54-40-36-46(37-41-54)49-21-15-22-50(44-49)62-45-51-19-8-10-28-58(51)59-29-11-12-30-60(59)62/h1-45H. The van der Waals surface area contributed by atoms with Crippen LogP contribution < -0.4 is 4.90 Å². The van der Waals surface area contributed by atoms with Crippen molar-refractivity contribution in [3.8, 4) is 44.5 Å². The Morgan fingerprint density at radius 3 is 1.51 bits per heavy atom. The molecule has 0 radical (unpaired) electrons. The highest BCUT2D eigenvalue weighted by molar-refractivity contribution is 6.14. The summed E-state index contributed by atoms with van der Waals surface area (Å²) < 4.78 is 0. The van der Waals surface area contributed by atoms with E-state index in [1.807, 2.05) is 0 Å². The summed E-state index contributed by atoms with van der Waals surface area (Å²) >= 11 is 0. The van der Waals surface area contributed by atoms with Crippen molar-refractivity contribution in [2.24, 2.45) is 0 Å². The highest BCUT2D eigenvalue weighted by atomic mass is 15.1. The third-order valence-corrected chi connectivity index (χ3v) is 14.3. The van der Waals surface area contributed by atoms with Crippen LogP contribution in [0.1, 0.15) is 22.3 Å². The van der Waals surface area contributed by atoms with Crippen LogP contribution in [0, 0.1) is 0 Å². The van der Waals surface area contributed by atoms with Crippen LogP contribution in [0.3, 0.4) is 0 Å². The second-order valence-corrected chi connectivity index (χ2v) is 18.0. The molecule has 0 fully saturated rings. The molecule has 0 aromatic heterocycles. The van der Waals surface area contributed by atoms with Gasteiger partial charge in [-0.05, 0) is 136 Å². The fraction of sp³-hybridized carbons (Fsp3) is 0.0149. The SMILES string of the molecule is c1ccc(C2(c3ccccc3)c3ccccc3-c3c(N(c4ccc(-c5cccc(-c6cc7ccccc7c7ccccc67)c5)cc4)c4ccc(-c5cccc6ccccc56)cc4)cccc32)cc1. The van der Waals surface area contributed by atoms with Crippen molar-refractivity contribution in [2.75, 3.05) is 4.90 Å². The third-order valence-electron chi connectivity index (χ3n) is 14.3. The van der Waals surface area contributed by atoms with E-state index in [2.05, 4.69) is 278 Å². The van der Waals surface area contributed by atoms with E-state index in [9.17, 15) is 0 Å². The Morgan fingerprint density at radius 2 is 0.779 bits per heavy atom. The molecule has 1 heteroatoms. The monoisotopic (exact) mass is 863 g/mol. The zero-order valence-electron chi connectivity index (χ0n) is 37.4. The van der Waals surface area contributed by atoms with Crippen LogP contribution in [0.4, 0.5) is 17.1 Å². The van der Waals surface area contributed by atoms with E-state index in [4.69, 9.17) is 0 Å². The first-order chi connectivity index (χ1) is 33.7. The minimum absolute atomic E-state index is 0.514. The summed E-state index contributed by atoms with van der Waals surface area (Å²) in [5, 5.41) is 7.57. The highest BCUT2D eigenvalue weighted by Gasteiger charge is 2.47. The molecule has 0 atom stereocenters. The maximum Gasteiger partial charge on any atom is 0.0714 e. The van der Waals surface area contributed by atoms with E-state index in [1.54, 1.807) is 0 Å². The fourth-order valence-corrected chi connectivity index (χ4v) is 11.3. The van der Waals surface area contributed by atoms with Crippen LogP contribution in [0.5, 0.6) is 0 Å². The van der Waals surface area contributed by atoms with Gasteiger partial charge in [-0.15, -0.1) is 0 Å². The molecule has 13 rings (SSSR count). The van der Waals surface area contributed by atoms with Crippen molar-refractivity contribution >= 4 is 49.4 Å². The van der Waals surface area contributed by atoms with Crippen molar-refractivity contribution in [2.45, 2.75) is 5.41 Å². The lowest BCUT2D eigenvalue weighted by atomic mass is 9.68. The first-order valence-electron chi connectivity index (χ1n) is 23.6. The first kappa shape index (κ1) is 39.6. The Bertz CT molecular complexity index is 3790. The van der Waals surface area contributed by atoms with Crippen molar-refractivity contribution < 1.29 is 0 Å². The normalized spacial score (nSPS) is 12.5. The highest BCUT2D eigenvalue weighted by Crippen LogP contribution is 2.59. The summed E-state index contributed by atoms with van der Waals surface area (Å²) in [6, 6.07) is 101. The van der Waals surface area contributed by atoms with Crippen LogP contribution in [-0.4, -0.2) is 0 Å². The van der Waals surface area contributed by atoms with E-state index in [0.29, 0.717) is 0 Å². The summed E-state index contributed by atoms with van der Waals surface area (Å²) in [7, 11) is 0. The second-order valence-electron chi connectivity index (χ2n) is 18.0. The molecule has 0 spiro atoms. The molecular weight excluding hydrogens is 819 g/mol. The average molecular weight is 864 g/mol. The van der Waals surface area contributed by atoms with Crippen molar-refractivity contribution in [3.63, 3.8) is 0 Å². The van der Waals surface area contributed by atoms with E-state index in [0.717, 1.165) is 17.1 Å². The topological polar surface area (TPSA) is 3.24 Å². The molecule has 0 bridgehead atoms. The van der Waals surface area contributed by atoms with Gasteiger partial charge in [0.15, 0.2) is 0 Å². The fourth-order valence-electron chi connectivity index (χ4n) is 11.3. The zero-order valence-corrected chi connectivity index (χ0v) is 37.4. The van der Waals surface area contributed by atoms with Gasteiger partial charge in [0.25, 0.3) is 0 Å². The number of benzene rings is 12. The number of hydrogen-bond acceptors (Lipinski definition) is 1. The van der Waals surface area contributed by atoms with Gasteiger partial charge >= 0.3 is 0 Å². The number of fused-ring (bicyclic) bond motifs is 7. The maximum absolute atomic E-state index is 2.47. The molecule has 1 aliphatic rings. The predicted molar refractivity (Wildman–Crippen MR) is 287 cm³/mol. The lowest BCUT2D eigenvalue weighted by Gasteiger charge is -2.34. The lowest BCUT2D eigenvalue weighted by molar-refractivity contribution is 0.768. The minimum Gasteiger partial charge on any atom is -0.310 e. The number of anilines is 3. The largest absolute Gasteiger partial charge is 0.310 e. The van der Waals surface area contributed by atoms with Crippen LogP contribution >= 0.6 is 0 Å². The van der Waals surface area contributed by atoms with Crippen LogP contribution in [-0.2, 0) is 5.41 Å². The van der Waals surface area contributed by atoms with Crippen LogP contribution in [0.2, 0.25) is 0 Å². The van der Waals surface area contributed by atoms with Gasteiger partial charge in [-0.2, -0.15) is 0 Å². The maximum atomic E-state index is 2.47. The van der Waals surface area contributed by atoms with E-state index < -0.39 is 5.41 Å². The molecule has 0 N–H and O–H groups in total. The minimum atomic E-state index is -0.514. The molecule has 0 heterocycles. The van der Waals surface area contributed by atoms with Crippen molar-refractivity contribution in [1.82, 2.24) is 0 Å². The average Bonchev–Trinajstić information content (AvgIpc) is 3.73. The number of rotatable bonds is 8. The Hall–Kier alpha value is -8.78. The van der Waals surface area contributed by atoms with Crippen molar-refractivity contribution in [1.29, 1.82) is 0 Å². The van der Waals surface area contributed by atoms with Gasteiger partial charge in [-0.25, -0.2) is 0 Å². The van der Waals surface area contributed by atoms with E-state index >= 15 is 0 Å². The molecule has 0 saturated carbocycles. The van der Waals surface area contributed by atoms with Crippen LogP contribution in [0.15, 0.2) is 273 Å². The smallest absolute Gasteiger partial charge is 0.0714 e. The molecule has 0 saturated heterocycles. The third kappa shape index (κ3) is 6.32. The molecule has 0 aliphatic heterocycles. The number of hydrogen-bond donors (Lipinski definition) is 0. The molecular formula is C67H45N. The summed E-state index contributed by atoms with van der Waals surface area (Å²) in [6.45, 7) is 0. The molecule has 0 unspecified atom stereocenters. The summed E-state index contributed by atoms with van der Waals surface area (Å²) in [5.41, 5.74) is 17.6. The lowest BCUT2D eigenvalue weighted by Crippen LogP contribution is -2.28. The molecule has 12 aromatic rings. The van der Waals surface area contributed by atoms with Gasteiger partial charge in [0.05, 0.1) is 11.1 Å². The van der Waals surface area contributed by atoms with E-state index in [1.165, 1.54) is 99.1 Å². The molecule has 318 valence electrons. The van der Waals surface area contributed by atoms with E-state index in [-0.39, 0.29) is 0 Å². The molecule has 0 amide bonds. The number of nitrogens with zero attached hydrogens (tertiary/aromatic N) is 1. The van der Waals surface area contributed by atoms with Gasteiger partial charge in [0.1, 0.15) is 0 Å². The van der Waals surface area contributed by atoms with Gasteiger partial charge in [0.2, 0.25) is 0 Å². The zero-order chi connectivity index (χ0) is 45.0. The Balaban J connectivity index is 0.980. The molecule has 1 aliphatic carbocycles. The second kappa shape index (κ2) is 16.3. The van der Waals surface area contributed by atoms with Crippen LogP contribution in [0.25, 0.3) is 76.8 Å². The molecule has 68 heavy (non-hydrogen) atoms. The Labute approximate surface area is 397 Å². The summed E-state index contributed by atoms with van der Waals surface area (Å²) in [6.07, 6.45) is 0. The van der Waals surface area contributed by atoms with Gasteiger partial charge < -0.3 is 4.90 Å².